The van der Waals surface area contributed by atoms with Gasteiger partial charge in [-0.05, 0) is 54.0 Å². The largest absolute Gasteiger partial charge is 0.488 e. The molecule has 5 heteroatoms. The molecule has 0 unspecified atom stereocenters. The summed E-state index contributed by atoms with van der Waals surface area (Å²) in [5.74, 6) is 1.56. The Hall–Kier alpha value is -2.27. The number of rotatable bonds is 7. The van der Waals surface area contributed by atoms with Crippen LogP contribution in [0.2, 0.25) is 0 Å². The highest BCUT2D eigenvalue weighted by molar-refractivity contribution is 7.99. The van der Waals surface area contributed by atoms with E-state index >= 15 is 0 Å². The van der Waals surface area contributed by atoms with Gasteiger partial charge in [-0.3, -0.25) is 4.79 Å². The van der Waals surface area contributed by atoms with E-state index in [1.54, 1.807) is 23.9 Å². The van der Waals surface area contributed by atoms with Gasteiger partial charge in [0.2, 0.25) is 0 Å². The first-order valence-corrected chi connectivity index (χ1v) is 9.74. The third kappa shape index (κ3) is 4.10. The fraction of sp³-hybridized carbons (Fsp3) is 0.333. The lowest BCUT2D eigenvalue weighted by atomic mass is 10.1. The fourth-order valence-corrected chi connectivity index (χ4v) is 3.87. The molecule has 0 N–H and O–H groups in total. The summed E-state index contributed by atoms with van der Waals surface area (Å²) in [5.41, 5.74) is 3.28. The van der Waals surface area contributed by atoms with Crippen molar-refractivity contribution in [3.8, 4) is 5.75 Å². The summed E-state index contributed by atoms with van der Waals surface area (Å²) in [6, 6.07) is 11.2. The van der Waals surface area contributed by atoms with Crippen molar-refractivity contribution in [2.24, 2.45) is 0 Å². The Morgan fingerprint density at radius 1 is 1.19 bits per heavy atom. The number of hydrogen-bond acceptors (Lipinski definition) is 5. The number of carbonyl (C=O) groups is 2. The van der Waals surface area contributed by atoms with Crippen molar-refractivity contribution in [3.05, 3.63) is 58.7 Å². The van der Waals surface area contributed by atoms with Crippen LogP contribution in [0.3, 0.4) is 0 Å². The standard InChI is InChI=1S/C21H22O4S/c1-3-9-26-20-11-15-7-8-18(22)17(15)12-19(20)25-13-14-5-4-6-16(10-14)21(23)24-2/h4-6,10-12H,3,7-9,13H2,1-2H3. The second-order valence-electron chi connectivity index (χ2n) is 6.21. The minimum atomic E-state index is -0.367. The maximum absolute atomic E-state index is 12.1. The summed E-state index contributed by atoms with van der Waals surface area (Å²) in [4.78, 5) is 24.8. The molecule has 0 bridgehead atoms. The van der Waals surface area contributed by atoms with Crippen LogP contribution < -0.4 is 4.74 Å². The lowest BCUT2D eigenvalue weighted by Crippen LogP contribution is -2.04. The van der Waals surface area contributed by atoms with Crippen LogP contribution >= 0.6 is 11.8 Å². The Morgan fingerprint density at radius 2 is 2.04 bits per heavy atom. The molecular formula is C21H22O4S. The van der Waals surface area contributed by atoms with Gasteiger partial charge in [-0.25, -0.2) is 4.79 Å². The molecule has 0 heterocycles. The van der Waals surface area contributed by atoms with Crippen LogP contribution in [0, 0.1) is 0 Å². The summed E-state index contributed by atoms with van der Waals surface area (Å²) >= 11 is 1.75. The Bertz CT molecular complexity index is 829. The highest BCUT2D eigenvalue weighted by Gasteiger charge is 2.22. The van der Waals surface area contributed by atoms with E-state index in [0.29, 0.717) is 18.6 Å². The molecule has 0 radical (unpaired) electrons. The second kappa shape index (κ2) is 8.41. The molecular weight excluding hydrogens is 348 g/mol. The molecule has 2 aromatic rings. The number of esters is 1. The molecule has 26 heavy (non-hydrogen) atoms. The third-order valence-corrected chi connectivity index (χ3v) is 5.54. The van der Waals surface area contributed by atoms with E-state index in [2.05, 4.69) is 13.0 Å². The van der Waals surface area contributed by atoms with Crippen molar-refractivity contribution >= 4 is 23.5 Å². The van der Waals surface area contributed by atoms with Crippen LogP contribution in [-0.2, 0) is 17.8 Å². The van der Waals surface area contributed by atoms with Crippen molar-refractivity contribution in [3.63, 3.8) is 0 Å². The Morgan fingerprint density at radius 3 is 2.81 bits per heavy atom. The van der Waals surface area contributed by atoms with E-state index in [1.165, 1.54) is 7.11 Å². The highest BCUT2D eigenvalue weighted by atomic mass is 32.2. The number of ether oxygens (including phenoxy) is 2. The molecule has 0 saturated carbocycles. The number of ketones is 1. The number of Topliss-reactive ketones (excluding diaryl/α,β-unsaturated/α-hetero) is 1. The quantitative estimate of drug-likeness (QED) is 0.523. The number of hydrogen-bond donors (Lipinski definition) is 0. The molecule has 0 atom stereocenters. The number of thioether (sulfide) groups is 1. The van der Waals surface area contributed by atoms with E-state index in [4.69, 9.17) is 9.47 Å². The number of aryl methyl sites for hydroxylation is 1. The fourth-order valence-electron chi connectivity index (χ4n) is 2.96. The molecule has 136 valence electrons. The molecule has 0 amide bonds. The zero-order valence-corrected chi connectivity index (χ0v) is 15.9. The predicted molar refractivity (Wildman–Crippen MR) is 102 cm³/mol. The topological polar surface area (TPSA) is 52.6 Å². The lowest BCUT2D eigenvalue weighted by molar-refractivity contribution is 0.0600. The average Bonchev–Trinajstić information content (AvgIpc) is 3.03. The van der Waals surface area contributed by atoms with E-state index < -0.39 is 0 Å². The molecule has 3 rings (SSSR count). The summed E-state index contributed by atoms with van der Waals surface area (Å²) in [5, 5.41) is 0. The molecule has 1 aliphatic carbocycles. The molecule has 2 aromatic carbocycles. The SMILES string of the molecule is CCCSc1cc2c(cc1OCc1cccc(C(=O)OC)c1)C(=O)CC2. The van der Waals surface area contributed by atoms with Crippen LogP contribution in [0.15, 0.2) is 41.3 Å². The first-order valence-electron chi connectivity index (χ1n) is 8.75. The maximum Gasteiger partial charge on any atom is 0.337 e. The molecule has 0 saturated heterocycles. The smallest absolute Gasteiger partial charge is 0.337 e. The molecule has 0 aliphatic heterocycles. The van der Waals surface area contributed by atoms with Crippen LogP contribution in [0.5, 0.6) is 5.75 Å². The highest BCUT2D eigenvalue weighted by Crippen LogP contribution is 2.36. The van der Waals surface area contributed by atoms with E-state index in [9.17, 15) is 9.59 Å². The number of benzene rings is 2. The van der Waals surface area contributed by atoms with Gasteiger partial charge in [-0.1, -0.05) is 19.1 Å². The van der Waals surface area contributed by atoms with Gasteiger partial charge in [0, 0.05) is 16.9 Å². The van der Waals surface area contributed by atoms with Gasteiger partial charge in [-0.15, -0.1) is 11.8 Å². The molecule has 0 spiro atoms. The minimum Gasteiger partial charge on any atom is -0.488 e. The lowest BCUT2D eigenvalue weighted by Gasteiger charge is -2.14. The van der Waals surface area contributed by atoms with Crippen molar-refractivity contribution in [2.45, 2.75) is 37.7 Å². The first-order chi connectivity index (χ1) is 12.6. The van der Waals surface area contributed by atoms with Crippen LogP contribution in [-0.4, -0.2) is 24.6 Å². The van der Waals surface area contributed by atoms with Gasteiger partial charge in [-0.2, -0.15) is 0 Å². The van der Waals surface area contributed by atoms with Crippen molar-refractivity contribution in [1.82, 2.24) is 0 Å². The second-order valence-corrected chi connectivity index (χ2v) is 7.35. The van der Waals surface area contributed by atoms with Crippen LogP contribution in [0.4, 0.5) is 0 Å². The monoisotopic (exact) mass is 370 g/mol. The Balaban J connectivity index is 1.81. The Kier molecular flexibility index (Phi) is 5.99. The normalized spacial score (nSPS) is 12.8. The molecule has 0 fully saturated rings. The Labute approximate surface area is 157 Å². The third-order valence-electron chi connectivity index (χ3n) is 4.30. The number of methoxy groups -OCH3 is 1. The molecule has 0 aromatic heterocycles. The van der Waals surface area contributed by atoms with Gasteiger partial charge >= 0.3 is 5.97 Å². The first kappa shape index (κ1) is 18.5. The summed E-state index contributed by atoms with van der Waals surface area (Å²) < 4.78 is 10.8. The van der Waals surface area contributed by atoms with Gasteiger partial charge in [0.05, 0.1) is 12.7 Å². The van der Waals surface area contributed by atoms with Crippen LogP contribution in [0.25, 0.3) is 0 Å². The van der Waals surface area contributed by atoms with Gasteiger partial charge in [0.1, 0.15) is 12.4 Å². The van der Waals surface area contributed by atoms with E-state index in [0.717, 1.165) is 45.9 Å². The van der Waals surface area contributed by atoms with Gasteiger partial charge in [0.15, 0.2) is 5.78 Å². The average molecular weight is 370 g/mol. The molecule has 1 aliphatic rings. The van der Waals surface area contributed by atoms with Gasteiger partial charge < -0.3 is 9.47 Å². The number of carbonyl (C=O) groups excluding carboxylic acids is 2. The summed E-state index contributed by atoms with van der Waals surface area (Å²) in [6.07, 6.45) is 2.47. The van der Waals surface area contributed by atoms with Crippen molar-refractivity contribution in [1.29, 1.82) is 0 Å². The zero-order valence-electron chi connectivity index (χ0n) is 15.0. The van der Waals surface area contributed by atoms with Crippen molar-refractivity contribution < 1.29 is 19.1 Å². The minimum absolute atomic E-state index is 0.185. The summed E-state index contributed by atoms with van der Waals surface area (Å²) in [7, 11) is 1.37. The predicted octanol–water partition coefficient (Wildman–Crippen LogP) is 4.68. The maximum atomic E-state index is 12.1. The number of fused-ring (bicyclic) bond motifs is 1. The summed E-state index contributed by atoms with van der Waals surface area (Å²) in [6.45, 7) is 2.47. The van der Waals surface area contributed by atoms with E-state index in [1.807, 2.05) is 18.2 Å². The van der Waals surface area contributed by atoms with Crippen molar-refractivity contribution in [2.75, 3.05) is 12.9 Å². The van der Waals surface area contributed by atoms with Gasteiger partial charge in [0.25, 0.3) is 0 Å². The zero-order chi connectivity index (χ0) is 18.5. The van der Waals surface area contributed by atoms with E-state index in [-0.39, 0.29) is 11.8 Å². The molecule has 4 nitrogen and oxygen atoms in total. The van der Waals surface area contributed by atoms with Crippen LogP contribution in [0.1, 0.15) is 51.6 Å².